The Bertz CT molecular complexity index is 158. The zero-order chi connectivity index (χ0) is 11.4. The topological polar surface area (TPSA) is 0 Å². The summed E-state index contributed by atoms with van der Waals surface area (Å²) in [6.45, 7) is 0. The molecule has 3 heteroatoms. The van der Waals surface area contributed by atoms with Crippen molar-refractivity contribution in [1.29, 1.82) is 0 Å². The average molecular weight is 338 g/mol. The Morgan fingerprint density at radius 1 is 0.867 bits per heavy atom. The third-order valence-corrected chi connectivity index (χ3v) is 3.66. The van der Waals surface area contributed by atoms with E-state index in [0.29, 0.717) is 0 Å². The highest BCUT2D eigenvalue weighted by Gasteiger charge is 1.92. The molecule has 0 heterocycles. The summed E-state index contributed by atoms with van der Waals surface area (Å²) in [5, 5.41) is 2.31. The van der Waals surface area contributed by atoms with E-state index >= 15 is 0 Å². The molecule has 0 aromatic carbocycles. The van der Waals surface area contributed by atoms with Gasteiger partial charge in [0.05, 0.1) is 0 Å². The van der Waals surface area contributed by atoms with Gasteiger partial charge in [-0.2, -0.15) is 0 Å². The number of alkyl halides is 2. The molecular formula is C12H23BBr2. The lowest BCUT2D eigenvalue weighted by Crippen LogP contribution is -1.85. The van der Waals surface area contributed by atoms with Crippen molar-refractivity contribution in [2.45, 2.75) is 51.4 Å². The highest BCUT2D eigenvalue weighted by atomic mass is 79.9. The molecule has 0 aliphatic heterocycles. The molecule has 88 valence electrons. The Hall–Kier alpha value is 0.765. The second kappa shape index (κ2) is 12.8. The Morgan fingerprint density at radius 2 is 1.47 bits per heavy atom. The molecule has 0 spiro atoms. The van der Waals surface area contributed by atoms with Crippen molar-refractivity contribution in [2.75, 3.05) is 10.7 Å². The Morgan fingerprint density at radius 3 is 2.07 bits per heavy atom. The van der Waals surface area contributed by atoms with Gasteiger partial charge in [0.15, 0.2) is 0 Å². The van der Waals surface area contributed by atoms with Gasteiger partial charge in [0.1, 0.15) is 7.85 Å². The van der Waals surface area contributed by atoms with Crippen LogP contribution in [0.25, 0.3) is 0 Å². The first-order valence-electron chi connectivity index (χ1n) is 6.08. The summed E-state index contributed by atoms with van der Waals surface area (Å²) in [6, 6.07) is 0. The molecule has 0 aliphatic carbocycles. The van der Waals surface area contributed by atoms with E-state index in [0.717, 1.165) is 10.7 Å². The van der Waals surface area contributed by atoms with E-state index in [-0.39, 0.29) is 0 Å². The van der Waals surface area contributed by atoms with Crippen molar-refractivity contribution >= 4 is 39.7 Å². The minimum Gasteiger partial charge on any atom is -0.114 e. The summed E-state index contributed by atoms with van der Waals surface area (Å²) in [5.74, 6) is 0. The van der Waals surface area contributed by atoms with Gasteiger partial charge in [0.2, 0.25) is 0 Å². The minimum atomic E-state index is 1.16. The standard InChI is InChI=1S/C12H23BBr2/c13-12(9-5-3-7-11-15)8-4-1-2-6-10-14/h8H,1-7,9-11,13H2/b12-8-. The van der Waals surface area contributed by atoms with E-state index < -0.39 is 0 Å². The third-order valence-electron chi connectivity index (χ3n) is 2.54. The monoisotopic (exact) mass is 336 g/mol. The molecule has 0 amide bonds. The van der Waals surface area contributed by atoms with Crippen LogP contribution < -0.4 is 0 Å². The SMILES string of the molecule is B/C(=C\CCCCCBr)CCCCCBr. The van der Waals surface area contributed by atoms with Crippen LogP contribution in [0, 0.1) is 0 Å². The van der Waals surface area contributed by atoms with Crippen LogP contribution in [0.5, 0.6) is 0 Å². The molecule has 0 aromatic heterocycles. The van der Waals surface area contributed by atoms with Gasteiger partial charge in [0.25, 0.3) is 0 Å². The van der Waals surface area contributed by atoms with Gasteiger partial charge in [-0.25, -0.2) is 0 Å². The van der Waals surface area contributed by atoms with Gasteiger partial charge < -0.3 is 0 Å². The first-order chi connectivity index (χ1) is 7.31. The first kappa shape index (κ1) is 15.8. The summed E-state index contributed by atoms with van der Waals surface area (Å²) < 4.78 is 0. The molecule has 0 fully saturated rings. The number of hydrogen-bond acceptors (Lipinski definition) is 0. The van der Waals surface area contributed by atoms with Crippen LogP contribution in [-0.4, -0.2) is 18.5 Å². The van der Waals surface area contributed by atoms with E-state index in [4.69, 9.17) is 0 Å². The van der Waals surface area contributed by atoms with Crippen molar-refractivity contribution in [3.63, 3.8) is 0 Å². The molecule has 0 aromatic rings. The van der Waals surface area contributed by atoms with Gasteiger partial charge >= 0.3 is 0 Å². The Balaban J connectivity index is 3.27. The summed E-state index contributed by atoms with van der Waals surface area (Å²) in [4.78, 5) is 0. The molecule has 0 unspecified atom stereocenters. The summed E-state index contributed by atoms with van der Waals surface area (Å²) in [7, 11) is 2.28. The van der Waals surface area contributed by atoms with Crippen LogP contribution in [0.4, 0.5) is 0 Å². The van der Waals surface area contributed by atoms with Crippen molar-refractivity contribution in [2.24, 2.45) is 0 Å². The minimum absolute atomic E-state index is 1.16. The van der Waals surface area contributed by atoms with Gasteiger partial charge in [-0.05, 0) is 32.1 Å². The van der Waals surface area contributed by atoms with Crippen LogP contribution in [0.2, 0.25) is 0 Å². The number of allylic oxidation sites excluding steroid dienone is 2. The average Bonchev–Trinajstić information content (AvgIpc) is 2.24. The van der Waals surface area contributed by atoms with E-state index in [2.05, 4.69) is 45.8 Å². The first-order valence-corrected chi connectivity index (χ1v) is 8.33. The molecule has 0 saturated carbocycles. The Kier molecular flexibility index (Phi) is 13.5. The highest BCUT2D eigenvalue weighted by Crippen LogP contribution is 2.10. The summed E-state index contributed by atoms with van der Waals surface area (Å²) in [6.07, 6.45) is 13.1. The predicted molar refractivity (Wildman–Crippen MR) is 81.2 cm³/mol. The zero-order valence-corrected chi connectivity index (χ0v) is 13.1. The van der Waals surface area contributed by atoms with E-state index in [1.807, 2.05) is 0 Å². The number of halogens is 2. The molecule has 0 saturated heterocycles. The summed E-state index contributed by atoms with van der Waals surface area (Å²) in [5.41, 5.74) is 1.59. The lowest BCUT2D eigenvalue weighted by atomic mass is 9.89. The third kappa shape index (κ3) is 12.7. The maximum atomic E-state index is 3.46. The summed E-state index contributed by atoms with van der Waals surface area (Å²) >= 11 is 6.92. The lowest BCUT2D eigenvalue weighted by molar-refractivity contribution is 0.718. The second-order valence-corrected chi connectivity index (χ2v) is 5.67. The van der Waals surface area contributed by atoms with E-state index in [9.17, 15) is 0 Å². The number of rotatable bonds is 10. The molecule has 0 rings (SSSR count). The number of unbranched alkanes of at least 4 members (excludes halogenated alkanes) is 5. The van der Waals surface area contributed by atoms with Gasteiger partial charge in [-0.1, -0.05) is 57.2 Å². The molecule has 0 bridgehead atoms. The van der Waals surface area contributed by atoms with Crippen LogP contribution in [0.3, 0.4) is 0 Å². The van der Waals surface area contributed by atoms with Crippen LogP contribution in [0.1, 0.15) is 51.4 Å². The maximum absolute atomic E-state index is 3.46. The fourth-order valence-electron chi connectivity index (χ4n) is 1.54. The largest absolute Gasteiger partial charge is 0.133 e. The van der Waals surface area contributed by atoms with E-state index in [1.54, 1.807) is 5.47 Å². The smallest absolute Gasteiger partial charge is 0.114 e. The lowest BCUT2D eigenvalue weighted by Gasteiger charge is -2.01. The van der Waals surface area contributed by atoms with Crippen molar-refractivity contribution in [1.82, 2.24) is 0 Å². The fourth-order valence-corrected chi connectivity index (χ4v) is 2.33. The highest BCUT2D eigenvalue weighted by molar-refractivity contribution is 9.09. The maximum Gasteiger partial charge on any atom is 0.133 e. The molecule has 0 atom stereocenters. The van der Waals surface area contributed by atoms with Gasteiger partial charge in [0, 0.05) is 10.7 Å². The van der Waals surface area contributed by atoms with Crippen LogP contribution in [0.15, 0.2) is 11.5 Å². The van der Waals surface area contributed by atoms with Crippen molar-refractivity contribution in [3.05, 3.63) is 11.5 Å². The Labute approximate surface area is 113 Å². The van der Waals surface area contributed by atoms with Crippen LogP contribution in [-0.2, 0) is 0 Å². The molecular weight excluding hydrogens is 315 g/mol. The molecule has 0 radical (unpaired) electrons. The second-order valence-electron chi connectivity index (χ2n) is 4.09. The normalized spacial score (nSPS) is 12.0. The quantitative estimate of drug-likeness (QED) is 0.314. The predicted octanol–water partition coefficient (Wildman–Crippen LogP) is 4.41. The van der Waals surface area contributed by atoms with Crippen molar-refractivity contribution < 1.29 is 0 Å². The van der Waals surface area contributed by atoms with Crippen LogP contribution >= 0.6 is 31.9 Å². The fraction of sp³-hybridized carbons (Fsp3) is 0.833. The molecule has 15 heavy (non-hydrogen) atoms. The molecule has 0 nitrogen and oxygen atoms in total. The number of hydrogen-bond donors (Lipinski definition) is 0. The van der Waals surface area contributed by atoms with Crippen molar-refractivity contribution in [3.8, 4) is 0 Å². The zero-order valence-electron chi connectivity index (χ0n) is 9.90. The van der Waals surface area contributed by atoms with Gasteiger partial charge in [-0.15, -0.1) is 5.47 Å². The van der Waals surface area contributed by atoms with E-state index in [1.165, 1.54) is 51.4 Å². The molecule has 0 N–H and O–H groups in total. The van der Waals surface area contributed by atoms with Gasteiger partial charge in [-0.3, -0.25) is 0 Å². The molecule has 0 aliphatic rings.